The van der Waals surface area contributed by atoms with Gasteiger partial charge in [0, 0.05) is 38.0 Å². The normalized spacial score (nSPS) is 17.0. The van der Waals surface area contributed by atoms with Crippen molar-refractivity contribution in [3.63, 3.8) is 0 Å². The molecule has 0 aromatic rings. The Morgan fingerprint density at radius 3 is 2.57 bits per heavy atom. The molecule has 0 saturated carbocycles. The Kier molecular flexibility index (Phi) is 8.44. The second-order valence-electron chi connectivity index (χ2n) is 6.39. The van der Waals surface area contributed by atoms with Crippen LogP contribution in [-0.2, 0) is 4.74 Å². The third kappa shape index (κ3) is 8.53. The first-order valence-electron chi connectivity index (χ1n) is 7.82. The molecule has 5 nitrogen and oxygen atoms in total. The summed E-state index contributed by atoms with van der Waals surface area (Å²) in [5.74, 6) is 2.10. The van der Waals surface area contributed by atoms with Gasteiger partial charge in [-0.3, -0.25) is 0 Å². The molecule has 1 fully saturated rings. The number of piperidine rings is 1. The summed E-state index contributed by atoms with van der Waals surface area (Å²) >= 11 is 1.87. The standard InChI is InChI=1S/C15H30N2O3S/c1-15(2,3)20-14(19)17-8-5-13(6-9-17)16-7-12-21-11-4-10-18/h13,16,18H,4-12H2,1-3H3. The van der Waals surface area contributed by atoms with E-state index in [0.29, 0.717) is 6.04 Å². The number of aliphatic hydroxyl groups is 1. The van der Waals surface area contributed by atoms with Gasteiger partial charge in [0.15, 0.2) is 0 Å². The van der Waals surface area contributed by atoms with E-state index >= 15 is 0 Å². The third-order valence-electron chi connectivity index (χ3n) is 3.27. The molecule has 0 bridgehead atoms. The van der Waals surface area contributed by atoms with Crippen molar-refractivity contribution in [3.05, 3.63) is 0 Å². The molecule has 1 amide bonds. The smallest absolute Gasteiger partial charge is 0.410 e. The Morgan fingerprint density at radius 2 is 2.00 bits per heavy atom. The summed E-state index contributed by atoms with van der Waals surface area (Å²) in [4.78, 5) is 13.7. The number of nitrogens with one attached hydrogen (secondary N) is 1. The van der Waals surface area contributed by atoms with Gasteiger partial charge in [0.25, 0.3) is 0 Å². The second kappa shape index (κ2) is 9.54. The molecular formula is C15H30N2O3S. The van der Waals surface area contributed by atoms with E-state index in [-0.39, 0.29) is 12.7 Å². The van der Waals surface area contributed by atoms with Gasteiger partial charge >= 0.3 is 6.09 Å². The van der Waals surface area contributed by atoms with E-state index in [4.69, 9.17) is 9.84 Å². The average Bonchev–Trinajstić information content (AvgIpc) is 2.41. The lowest BCUT2D eigenvalue weighted by Gasteiger charge is -2.33. The van der Waals surface area contributed by atoms with Crippen LogP contribution in [0.3, 0.4) is 0 Å². The Hall–Kier alpha value is -0.460. The van der Waals surface area contributed by atoms with Gasteiger partial charge in [-0.05, 0) is 45.8 Å². The van der Waals surface area contributed by atoms with E-state index in [1.807, 2.05) is 32.5 Å². The number of carbonyl (C=O) groups is 1. The molecule has 21 heavy (non-hydrogen) atoms. The van der Waals surface area contributed by atoms with Crippen molar-refractivity contribution in [1.29, 1.82) is 0 Å². The summed E-state index contributed by atoms with van der Waals surface area (Å²) in [6, 6.07) is 0.502. The second-order valence-corrected chi connectivity index (χ2v) is 7.61. The minimum absolute atomic E-state index is 0.194. The van der Waals surface area contributed by atoms with Crippen molar-refractivity contribution in [2.75, 3.05) is 37.7 Å². The number of amides is 1. The van der Waals surface area contributed by atoms with Crippen LogP contribution in [0.1, 0.15) is 40.0 Å². The molecule has 1 saturated heterocycles. The fourth-order valence-electron chi connectivity index (χ4n) is 2.20. The van der Waals surface area contributed by atoms with Crippen LogP contribution in [0.5, 0.6) is 0 Å². The van der Waals surface area contributed by atoms with Crippen LogP contribution in [-0.4, -0.2) is 65.5 Å². The topological polar surface area (TPSA) is 61.8 Å². The van der Waals surface area contributed by atoms with Crippen LogP contribution in [0.25, 0.3) is 0 Å². The quantitative estimate of drug-likeness (QED) is 0.704. The highest BCUT2D eigenvalue weighted by molar-refractivity contribution is 7.99. The predicted molar refractivity (Wildman–Crippen MR) is 87.9 cm³/mol. The number of nitrogens with zero attached hydrogens (tertiary/aromatic N) is 1. The number of ether oxygens (including phenoxy) is 1. The fourth-order valence-corrected chi connectivity index (χ4v) is 3.00. The summed E-state index contributed by atoms with van der Waals surface area (Å²) in [6.45, 7) is 8.50. The van der Waals surface area contributed by atoms with Crippen LogP contribution in [0.15, 0.2) is 0 Å². The van der Waals surface area contributed by atoms with Gasteiger partial charge < -0.3 is 20.1 Å². The minimum atomic E-state index is -0.419. The molecule has 2 N–H and O–H groups in total. The van der Waals surface area contributed by atoms with Gasteiger partial charge in [-0.2, -0.15) is 11.8 Å². The van der Waals surface area contributed by atoms with E-state index in [2.05, 4.69) is 5.32 Å². The van der Waals surface area contributed by atoms with Gasteiger partial charge in [0.2, 0.25) is 0 Å². The summed E-state index contributed by atoms with van der Waals surface area (Å²) in [5.41, 5.74) is -0.419. The number of thioether (sulfide) groups is 1. The van der Waals surface area contributed by atoms with Crippen molar-refractivity contribution in [3.8, 4) is 0 Å². The van der Waals surface area contributed by atoms with E-state index < -0.39 is 5.60 Å². The van der Waals surface area contributed by atoms with Gasteiger partial charge in [0.05, 0.1) is 0 Å². The Morgan fingerprint density at radius 1 is 1.33 bits per heavy atom. The van der Waals surface area contributed by atoms with E-state index in [0.717, 1.165) is 50.4 Å². The molecule has 0 atom stereocenters. The number of rotatable bonds is 7. The molecule has 1 heterocycles. The Bertz CT molecular complexity index is 300. The largest absolute Gasteiger partial charge is 0.444 e. The number of carbonyl (C=O) groups excluding carboxylic acids is 1. The van der Waals surface area contributed by atoms with Gasteiger partial charge in [0.1, 0.15) is 5.60 Å². The van der Waals surface area contributed by atoms with Gasteiger partial charge in [-0.25, -0.2) is 4.79 Å². The molecule has 0 aliphatic carbocycles. The van der Waals surface area contributed by atoms with E-state index in [9.17, 15) is 4.79 Å². The molecule has 0 spiro atoms. The molecule has 0 unspecified atom stereocenters. The van der Waals surface area contributed by atoms with Crippen LogP contribution >= 0.6 is 11.8 Å². The first-order chi connectivity index (χ1) is 9.92. The first kappa shape index (κ1) is 18.6. The molecule has 1 rings (SSSR count). The highest BCUT2D eigenvalue weighted by Gasteiger charge is 2.26. The SMILES string of the molecule is CC(C)(C)OC(=O)N1CCC(NCCSCCCO)CC1. The average molecular weight is 318 g/mol. The molecule has 0 aromatic heterocycles. The Balaban J connectivity index is 2.10. The van der Waals surface area contributed by atoms with E-state index in [1.165, 1.54) is 0 Å². The zero-order valence-corrected chi connectivity index (χ0v) is 14.4. The van der Waals surface area contributed by atoms with Gasteiger partial charge in [-0.15, -0.1) is 0 Å². The molecule has 1 aliphatic rings. The van der Waals surface area contributed by atoms with Crippen LogP contribution in [0.4, 0.5) is 4.79 Å². The maximum atomic E-state index is 11.9. The summed E-state index contributed by atoms with van der Waals surface area (Å²) in [7, 11) is 0. The van der Waals surface area contributed by atoms with Crippen LogP contribution in [0.2, 0.25) is 0 Å². The molecule has 0 aromatic carbocycles. The number of aliphatic hydroxyl groups excluding tert-OH is 1. The minimum Gasteiger partial charge on any atom is -0.444 e. The fraction of sp³-hybridized carbons (Fsp3) is 0.933. The van der Waals surface area contributed by atoms with Crippen molar-refractivity contribution < 1.29 is 14.6 Å². The highest BCUT2D eigenvalue weighted by atomic mass is 32.2. The maximum absolute atomic E-state index is 11.9. The highest BCUT2D eigenvalue weighted by Crippen LogP contribution is 2.15. The monoisotopic (exact) mass is 318 g/mol. The van der Waals surface area contributed by atoms with Crippen molar-refractivity contribution in [2.24, 2.45) is 0 Å². The lowest BCUT2D eigenvalue weighted by molar-refractivity contribution is 0.0199. The number of hydrogen-bond acceptors (Lipinski definition) is 5. The molecule has 6 heteroatoms. The molecular weight excluding hydrogens is 288 g/mol. The maximum Gasteiger partial charge on any atom is 0.410 e. The van der Waals surface area contributed by atoms with Gasteiger partial charge in [-0.1, -0.05) is 0 Å². The van der Waals surface area contributed by atoms with Crippen LogP contribution < -0.4 is 5.32 Å². The molecule has 1 aliphatic heterocycles. The van der Waals surface area contributed by atoms with Crippen molar-refractivity contribution >= 4 is 17.9 Å². The summed E-state index contributed by atoms with van der Waals surface area (Å²) in [5, 5.41) is 12.2. The molecule has 0 radical (unpaired) electrons. The third-order valence-corrected chi connectivity index (χ3v) is 4.34. The first-order valence-corrected chi connectivity index (χ1v) is 8.98. The zero-order chi connectivity index (χ0) is 15.7. The Labute approximate surface area is 132 Å². The number of likely N-dealkylation sites (tertiary alicyclic amines) is 1. The summed E-state index contributed by atoms with van der Waals surface area (Å²) < 4.78 is 5.39. The zero-order valence-electron chi connectivity index (χ0n) is 13.6. The van der Waals surface area contributed by atoms with Crippen molar-refractivity contribution in [2.45, 2.75) is 51.7 Å². The number of hydrogen-bond donors (Lipinski definition) is 2. The van der Waals surface area contributed by atoms with Crippen LogP contribution in [0, 0.1) is 0 Å². The molecule has 124 valence electrons. The van der Waals surface area contributed by atoms with E-state index in [1.54, 1.807) is 4.90 Å². The lowest BCUT2D eigenvalue weighted by Crippen LogP contribution is -2.46. The lowest BCUT2D eigenvalue weighted by atomic mass is 10.1. The summed E-state index contributed by atoms with van der Waals surface area (Å²) in [6.07, 6.45) is 2.65. The predicted octanol–water partition coefficient (Wildman–Crippen LogP) is 2.09. The van der Waals surface area contributed by atoms with Crippen molar-refractivity contribution in [1.82, 2.24) is 10.2 Å².